The van der Waals surface area contributed by atoms with Crippen LogP contribution in [0.25, 0.3) is 0 Å². The number of sulfonamides is 1. The van der Waals surface area contributed by atoms with Crippen LogP contribution in [0.15, 0.2) is 53.4 Å². The van der Waals surface area contributed by atoms with Gasteiger partial charge in [-0.1, -0.05) is 18.2 Å². The summed E-state index contributed by atoms with van der Waals surface area (Å²) in [5.41, 5.74) is 0.0223. The SMILES string of the molecule is O=C(NCc1ccc(C(F)(F)F)cc1)[C@H]1CC2(CC2)CN1C(=O)c1cccc(S(=O)(=O)N2CC3(CC3)C2)c1. The number of likely N-dealkylation sites (tertiary alicyclic amines) is 1. The van der Waals surface area contributed by atoms with Crippen LogP contribution in [0, 0.1) is 10.8 Å². The fourth-order valence-corrected chi connectivity index (χ4v) is 7.34. The van der Waals surface area contributed by atoms with Gasteiger partial charge in [0.2, 0.25) is 15.9 Å². The summed E-state index contributed by atoms with van der Waals surface area (Å²) >= 11 is 0. The second-order valence-corrected chi connectivity index (χ2v) is 13.3. The highest BCUT2D eigenvalue weighted by Gasteiger charge is 2.57. The highest BCUT2D eigenvalue weighted by molar-refractivity contribution is 7.89. The van der Waals surface area contributed by atoms with Crippen molar-refractivity contribution in [2.24, 2.45) is 10.8 Å². The minimum absolute atomic E-state index is 0.0353. The Morgan fingerprint density at radius 2 is 1.61 bits per heavy atom. The van der Waals surface area contributed by atoms with Crippen LogP contribution in [0.1, 0.15) is 53.6 Å². The molecule has 2 spiro atoms. The van der Waals surface area contributed by atoms with E-state index in [0.29, 0.717) is 31.6 Å². The molecule has 4 aliphatic rings. The Labute approximate surface area is 219 Å². The molecular weight excluding hydrogens is 519 g/mol. The van der Waals surface area contributed by atoms with Gasteiger partial charge in [-0.15, -0.1) is 0 Å². The second-order valence-electron chi connectivity index (χ2n) is 11.4. The standard InChI is InChI=1S/C27H28F3N3O4S/c28-27(29,30)20-6-4-18(5-7-20)14-31-23(34)22-13-25(8-9-25)17-33(22)24(35)19-2-1-3-21(12-19)38(36,37)32-15-26(16-32)10-11-26/h1-7,12,22H,8-11,13-17H2,(H,31,34)/t22-/m1/s1. The molecule has 1 atom stereocenters. The van der Waals surface area contributed by atoms with Crippen molar-refractivity contribution in [3.63, 3.8) is 0 Å². The fourth-order valence-electron chi connectivity index (χ4n) is 5.63. The summed E-state index contributed by atoms with van der Waals surface area (Å²) in [6.07, 6.45) is -0.00981. The van der Waals surface area contributed by atoms with Gasteiger partial charge in [0.15, 0.2) is 0 Å². The van der Waals surface area contributed by atoms with Gasteiger partial charge in [0.25, 0.3) is 5.91 Å². The Bertz CT molecular complexity index is 1390. The summed E-state index contributed by atoms with van der Waals surface area (Å²) in [4.78, 5) is 28.3. The lowest BCUT2D eigenvalue weighted by Crippen LogP contribution is -2.51. The quantitative estimate of drug-likeness (QED) is 0.596. The lowest BCUT2D eigenvalue weighted by atomic mass is 10.0. The predicted molar refractivity (Wildman–Crippen MR) is 131 cm³/mol. The van der Waals surface area contributed by atoms with Crippen LogP contribution in [0.3, 0.4) is 0 Å². The highest BCUT2D eigenvalue weighted by atomic mass is 32.2. The molecule has 0 unspecified atom stereocenters. The zero-order valence-corrected chi connectivity index (χ0v) is 21.4. The molecule has 0 radical (unpaired) electrons. The molecule has 2 amide bonds. The maximum Gasteiger partial charge on any atom is 0.416 e. The molecule has 0 aromatic heterocycles. The van der Waals surface area contributed by atoms with Crippen LogP contribution in [0.2, 0.25) is 0 Å². The van der Waals surface area contributed by atoms with Gasteiger partial charge < -0.3 is 10.2 Å². The minimum Gasteiger partial charge on any atom is -0.350 e. The first-order chi connectivity index (χ1) is 17.9. The van der Waals surface area contributed by atoms with Crippen molar-refractivity contribution in [2.75, 3.05) is 19.6 Å². The molecule has 2 aromatic carbocycles. The smallest absolute Gasteiger partial charge is 0.350 e. The molecule has 0 bridgehead atoms. The van der Waals surface area contributed by atoms with E-state index in [4.69, 9.17) is 0 Å². The average molecular weight is 548 g/mol. The molecule has 4 fully saturated rings. The number of benzene rings is 2. The van der Waals surface area contributed by atoms with Gasteiger partial charge >= 0.3 is 6.18 Å². The second kappa shape index (κ2) is 8.54. The highest BCUT2D eigenvalue weighted by Crippen LogP contribution is 2.55. The zero-order chi connectivity index (χ0) is 26.9. The van der Waals surface area contributed by atoms with Crippen LogP contribution >= 0.6 is 0 Å². The Kier molecular flexibility index (Phi) is 5.70. The Hall–Kier alpha value is -2.92. The molecule has 2 heterocycles. The van der Waals surface area contributed by atoms with Crippen LogP contribution < -0.4 is 5.32 Å². The zero-order valence-electron chi connectivity index (χ0n) is 20.6. The molecule has 2 aromatic rings. The third-order valence-electron chi connectivity index (χ3n) is 8.48. The van der Waals surface area contributed by atoms with Gasteiger partial charge in [0.05, 0.1) is 10.5 Å². The molecule has 11 heteroatoms. The van der Waals surface area contributed by atoms with E-state index in [1.165, 1.54) is 33.5 Å². The maximum absolute atomic E-state index is 13.6. The summed E-state index contributed by atoms with van der Waals surface area (Å²) < 4.78 is 66.1. The number of nitrogens with one attached hydrogen (secondary N) is 1. The van der Waals surface area contributed by atoms with Crippen LogP contribution in [-0.4, -0.2) is 55.1 Å². The molecule has 2 saturated heterocycles. The first-order valence-electron chi connectivity index (χ1n) is 12.8. The van der Waals surface area contributed by atoms with Gasteiger partial charge in [-0.25, -0.2) is 8.42 Å². The van der Waals surface area contributed by atoms with Crippen LogP contribution in [-0.2, 0) is 27.5 Å². The van der Waals surface area contributed by atoms with Gasteiger partial charge in [-0.3, -0.25) is 9.59 Å². The van der Waals surface area contributed by atoms with Crippen molar-refractivity contribution < 1.29 is 31.2 Å². The number of carbonyl (C=O) groups excluding carboxylic acids is 2. The van der Waals surface area contributed by atoms with Gasteiger partial charge in [-0.05, 0) is 78.8 Å². The number of amides is 2. The summed E-state index contributed by atoms with van der Waals surface area (Å²) in [6.45, 7) is 1.48. The third-order valence-corrected chi connectivity index (χ3v) is 10.3. The van der Waals surface area contributed by atoms with E-state index in [-0.39, 0.29) is 33.7 Å². The van der Waals surface area contributed by atoms with E-state index in [9.17, 15) is 31.2 Å². The van der Waals surface area contributed by atoms with Crippen molar-refractivity contribution in [3.05, 3.63) is 65.2 Å². The third kappa shape index (κ3) is 4.59. The minimum atomic E-state index is -4.43. The topological polar surface area (TPSA) is 86.8 Å². The van der Waals surface area contributed by atoms with E-state index in [2.05, 4.69) is 5.32 Å². The lowest BCUT2D eigenvalue weighted by molar-refractivity contribution is -0.137. The monoisotopic (exact) mass is 547 g/mol. The van der Waals surface area contributed by atoms with Gasteiger partial charge in [-0.2, -0.15) is 17.5 Å². The Morgan fingerprint density at radius 3 is 2.21 bits per heavy atom. The summed E-state index contributed by atoms with van der Waals surface area (Å²) in [7, 11) is -3.69. The number of nitrogens with zero attached hydrogens (tertiary/aromatic N) is 2. The molecule has 2 saturated carbocycles. The molecule has 202 valence electrons. The lowest BCUT2D eigenvalue weighted by Gasteiger charge is -2.38. The summed E-state index contributed by atoms with van der Waals surface area (Å²) in [6, 6.07) is 9.84. The first-order valence-corrected chi connectivity index (χ1v) is 14.2. The van der Waals surface area contributed by atoms with Crippen molar-refractivity contribution in [1.82, 2.24) is 14.5 Å². The number of hydrogen-bond acceptors (Lipinski definition) is 4. The predicted octanol–water partition coefficient (Wildman–Crippen LogP) is 3.80. The first kappa shape index (κ1) is 25.4. The average Bonchev–Trinajstić information content (AvgIpc) is 3.78. The molecule has 2 aliphatic heterocycles. The van der Waals surface area contributed by atoms with E-state index >= 15 is 0 Å². The van der Waals surface area contributed by atoms with E-state index < -0.39 is 33.7 Å². The molecular formula is C27H28F3N3O4S. The molecule has 2 aliphatic carbocycles. The van der Waals surface area contributed by atoms with Crippen molar-refractivity contribution in [3.8, 4) is 0 Å². The number of alkyl halides is 3. The number of carbonyl (C=O) groups is 2. The number of halogens is 3. The largest absolute Gasteiger partial charge is 0.416 e. The van der Waals surface area contributed by atoms with Gasteiger partial charge in [0.1, 0.15) is 6.04 Å². The van der Waals surface area contributed by atoms with E-state index in [1.54, 1.807) is 12.1 Å². The molecule has 38 heavy (non-hydrogen) atoms. The number of rotatable bonds is 6. The van der Waals surface area contributed by atoms with Crippen molar-refractivity contribution >= 4 is 21.8 Å². The Balaban J connectivity index is 1.15. The van der Waals surface area contributed by atoms with E-state index in [1.807, 2.05) is 0 Å². The van der Waals surface area contributed by atoms with Crippen molar-refractivity contribution in [1.29, 1.82) is 0 Å². The van der Waals surface area contributed by atoms with Crippen molar-refractivity contribution in [2.45, 2.75) is 55.8 Å². The maximum atomic E-state index is 13.6. The van der Waals surface area contributed by atoms with E-state index in [0.717, 1.165) is 37.8 Å². The molecule has 1 N–H and O–H groups in total. The Morgan fingerprint density at radius 1 is 0.947 bits per heavy atom. The summed E-state index contributed by atoms with van der Waals surface area (Å²) in [5, 5.41) is 2.76. The van der Waals surface area contributed by atoms with Gasteiger partial charge in [0, 0.05) is 31.7 Å². The molecule has 6 rings (SSSR count). The van der Waals surface area contributed by atoms with Crippen LogP contribution in [0.5, 0.6) is 0 Å². The van der Waals surface area contributed by atoms with Crippen LogP contribution in [0.4, 0.5) is 13.2 Å². The summed E-state index contributed by atoms with van der Waals surface area (Å²) in [5.74, 6) is -0.774. The fraction of sp³-hybridized carbons (Fsp3) is 0.481. The number of hydrogen-bond donors (Lipinski definition) is 1. The molecule has 7 nitrogen and oxygen atoms in total. The normalized spacial score (nSPS) is 23.3.